The van der Waals surface area contributed by atoms with Crippen LogP contribution >= 0.6 is 24.0 Å². The van der Waals surface area contributed by atoms with Crippen molar-refractivity contribution in [3.05, 3.63) is 88.2 Å². The van der Waals surface area contributed by atoms with Gasteiger partial charge in [-0.1, -0.05) is 35.9 Å². The zero-order valence-electron chi connectivity index (χ0n) is 16.5. The average Bonchev–Trinajstić information content (AvgIpc) is 3.26. The molecule has 0 radical (unpaired) electrons. The number of hydrogen-bond acceptors (Lipinski definition) is 4. The number of hydrogen-bond donors (Lipinski definition) is 4. The van der Waals surface area contributed by atoms with Crippen molar-refractivity contribution >= 4 is 58.7 Å². The predicted octanol–water partition coefficient (Wildman–Crippen LogP) is 4.72. The highest BCUT2D eigenvalue weighted by Crippen LogP contribution is 2.46. The Hall–Kier alpha value is -3.66. The lowest BCUT2D eigenvalue weighted by molar-refractivity contribution is 0.0699. The number of nitrogens with zero attached hydrogens (tertiary/aromatic N) is 2. The Balaban J connectivity index is 0.00000259. The van der Waals surface area contributed by atoms with E-state index in [1.807, 2.05) is 0 Å². The van der Waals surface area contributed by atoms with Crippen molar-refractivity contribution in [1.29, 1.82) is 0 Å². The zero-order chi connectivity index (χ0) is 22.6. The molecular formula is C22H15Cl2FN4O4. The van der Waals surface area contributed by atoms with E-state index in [0.717, 1.165) is 11.0 Å². The van der Waals surface area contributed by atoms with Crippen molar-refractivity contribution in [2.24, 2.45) is 0 Å². The number of benzene rings is 3. The smallest absolute Gasteiger partial charge is 0.411 e. The monoisotopic (exact) mass is 488 g/mol. The second kappa shape index (κ2) is 8.04. The molecule has 1 unspecified atom stereocenters. The summed E-state index contributed by atoms with van der Waals surface area (Å²) in [4.78, 5) is 32.1. The maximum atomic E-state index is 14.8. The molecule has 33 heavy (non-hydrogen) atoms. The number of carbonyl (C=O) groups excluding carboxylic acids is 1. The number of halogens is 3. The van der Waals surface area contributed by atoms with E-state index in [1.165, 1.54) is 18.2 Å². The number of amides is 2. The average molecular weight is 489 g/mol. The fourth-order valence-corrected chi connectivity index (χ4v) is 4.14. The number of fused-ring (bicyclic) bond motifs is 2. The molecule has 1 aliphatic heterocycles. The van der Waals surface area contributed by atoms with Gasteiger partial charge in [-0.25, -0.2) is 14.2 Å². The molecule has 2 heterocycles. The van der Waals surface area contributed by atoms with E-state index in [1.54, 1.807) is 36.4 Å². The Morgan fingerprint density at radius 2 is 1.91 bits per heavy atom. The summed E-state index contributed by atoms with van der Waals surface area (Å²) in [7, 11) is 0. The third kappa shape index (κ3) is 3.46. The highest BCUT2D eigenvalue weighted by atomic mass is 35.5. The molecule has 0 spiro atoms. The van der Waals surface area contributed by atoms with E-state index in [4.69, 9.17) is 16.7 Å². The van der Waals surface area contributed by atoms with Gasteiger partial charge in [0.05, 0.1) is 16.7 Å². The molecule has 0 saturated heterocycles. The van der Waals surface area contributed by atoms with Gasteiger partial charge in [-0.2, -0.15) is 0 Å². The quantitative estimate of drug-likeness (QED) is 0.332. The number of imidazole rings is 1. The number of aromatic amines is 1. The van der Waals surface area contributed by atoms with Crippen LogP contribution in [0.5, 0.6) is 0 Å². The molecule has 2 amide bonds. The van der Waals surface area contributed by atoms with Crippen molar-refractivity contribution in [2.45, 2.75) is 5.72 Å². The normalized spacial score (nSPS) is 17.1. The van der Waals surface area contributed by atoms with Crippen LogP contribution in [0.15, 0.2) is 60.7 Å². The Kier molecular flexibility index (Phi) is 5.49. The Bertz CT molecular complexity index is 1430. The molecule has 0 saturated carbocycles. The van der Waals surface area contributed by atoms with Gasteiger partial charge in [0.15, 0.2) is 5.72 Å². The second-order valence-corrected chi connectivity index (χ2v) is 7.64. The van der Waals surface area contributed by atoms with Crippen molar-refractivity contribution in [1.82, 2.24) is 9.97 Å². The first-order valence-electron chi connectivity index (χ1n) is 9.40. The molecule has 8 nitrogen and oxygen atoms in total. The first-order valence-corrected chi connectivity index (χ1v) is 9.78. The largest absolute Gasteiger partial charge is 0.465 e. The number of aliphatic hydroxyl groups is 1. The van der Waals surface area contributed by atoms with Gasteiger partial charge in [0.2, 0.25) is 5.95 Å². The summed E-state index contributed by atoms with van der Waals surface area (Å²) in [5.41, 5.74) is -0.699. The first-order chi connectivity index (χ1) is 15.3. The van der Waals surface area contributed by atoms with Crippen molar-refractivity contribution < 1.29 is 24.2 Å². The lowest BCUT2D eigenvalue weighted by Crippen LogP contribution is -2.45. The number of carbonyl (C=O) groups is 2. The van der Waals surface area contributed by atoms with E-state index in [0.29, 0.717) is 11.0 Å². The maximum Gasteiger partial charge on any atom is 0.411 e. The third-order valence-corrected chi connectivity index (χ3v) is 5.55. The predicted molar refractivity (Wildman–Crippen MR) is 123 cm³/mol. The van der Waals surface area contributed by atoms with Crippen LogP contribution in [0, 0.1) is 5.82 Å². The number of nitrogens with one attached hydrogen (secondary N) is 2. The van der Waals surface area contributed by atoms with Crippen molar-refractivity contribution in [3.8, 4) is 0 Å². The summed E-state index contributed by atoms with van der Waals surface area (Å²) in [6.07, 6.45) is -1.29. The van der Waals surface area contributed by atoms with E-state index < -0.39 is 23.5 Å². The molecule has 1 aromatic heterocycles. The van der Waals surface area contributed by atoms with Crippen LogP contribution in [-0.4, -0.2) is 32.2 Å². The van der Waals surface area contributed by atoms with Crippen LogP contribution in [0.4, 0.5) is 20.8 Å². The van der Waals surface area contributed by atoms with Gasteiger partial charge in [-0.15, -0.1) is 12.4 Å². The molecule has 4 aromatic rings. The van der Waals surface area contributed by atoms with Gasteiger partial charge in [0.25, 0.3) is 5.91 Å². The Labute approximate surface area is 197 Å². The molecule has 0 fully saturated rings. The lowest BCUT2D eigenvalue weighted by atomic mass is 9.93. The summed E-state index contributed by atoms with van der Waals surface area (Å²) in [6, 6.07) is 14.8. The van der Waals surface area contributed by atoms with Gasteiger partial charge in [-0.05, 0) is 36.4 Å². The number of aromatic nitrogens is 2. The van der Waals surface area contributed by atoms with Gasteiger partial charge in [0.1, 0.15) is 5.82 Å². The molecule has 1 atom stereocenters. The minimum atomic E-state index is -2.06. The zero-order valence-corrected chi connectivity index (χ0v) is 18.1. The molecule has 11 heteroatoms. The summed E-state index contributed by atoms with van der Waals surface area (Å²) < 4.78 is 14.8. The fraction of sp³-hybridized carbons (Fsp3) is 0.0455. The van der Waals surface area contributed by atoms with E-state index in [9.17, 15) is 19.1 Å². The molecule has 168 valence electrons. The standard InChI is InChI=1S/C22H14ClFN4O4.ClH/c23-12-6-7-15(24)18(10-12)28-19(29)13-3-1-2-4-14(13)22(28,32)11-5-8-16-17(9-11)26-20(25-16)27-21(30)31;/h1-10,32H,(H,30,31)(H2,25,26,27);1H. The molecule has 4 N–H and O–H groups in total. The lowest BCUT2D eigenvalue weighted by Gasteiger charge is -2.35. The highest BCUT2D eigenvalue weighted by molar-refractivity contribution is 6.31. The van der Waals surface area contributed by atoms with E-state index in [-0.39, 0.29) is 45.8 Å². The minimum Gasteiger partial charge on any atom is -0.465 e. The van der Waals surface area contributed by atoms with Crippen molar-refractivity contribution in [3.63, 3.8) is 0 Å². The van der Waals surface area contributed by atoms with Gasteiger partial charge >= 0.3 is 6.09 Å². The van der Waals surface area contributed by atoms with Gasteiger partial charge in [-0.3, -0.25) is 15.0 Å². The summed E-state index contributed by atoms with van der Waals surface area (Å²) in [6.45, 7) is 0. The molecule has 1 aliphatic rings. The topological polar surface area (TPSA) is 119 Å². The molecule has 0 aliphatic carbocycles. The number of carboxylic acid groups (broad SMARTS) is 1. The maximum absolute atomic E-state index is 14.8. The Morgan fingerprint density at radius 3 is 2.67 bits per heavy atom. The second-order valence-electron chi connectivity index (χ2n) is 7.20. The summed E-state index contributed by atoms with van der Waals surface area (Å²) >= 11 is 6.06. The Morgan fingerprint density at radius 1 is 1.15 bits per heavy atom. The summed E-state index contributed by atoms with van der Waals surface area (Å²) in [5, 5.41) is 23.2. The highest BCUT2D eigenvalue weighted by Gasteiger charge is 2.51. The number of rotatable bonds is 3. The molecule has 5 rings (SSSR count). The van der Waals surface area contributed by atoms with Crippen LogP contribution < -0.4 is 10.2 Å². The van der Waals surface area contributed by atoms with Crippen LogP contribution in [0.1, 0.15) is 21.5 Å². The SMILES string of the molecule is Cl.O=C(O)Nc1nc2cc(C3(O)c4ccccc4C(=O)N3c3cc(Cl)ccc3F)ccc2[nH]1. The van der Waals surface area contributed by atoms with Crippen molar-refractivity contribution in [2.75, 3.05) is 10.2 Å². The van der Waals surface area contributed by atoms with Gasteiger partial charge < -0.3 is 15.2 Å². The van der Waals surface area contributed by atoms with Crippen LogP contribution in [-0.2, 0) is 5.72 Å². The first kappa shape index (κ1) is 22.5. The van der Waals surface area contributed by atoms with Crippen LogP contribution in [0.25, 0.3) is 11.0 Å². The van der Waals surface area contributed by atoms with E-state index in [2.05, 4.69) is 15.3 Å². The van der Waals surface area contributed by atoms with Crippen LogP contribution in [0.2, 0.25) is 5.02 Å². The van der Waals surface area contributed by atoms with Gasteiger partial charge in [0, 0.05) is 21.7 Å². The number of anilines is 2. The molecule has 3 aromatic carbocycles. The minimum absolute atomic E-state index is 0. The molecular weight excluding hydrogens is 474 g/mol. The third-order valence-electron chi connectivity index (χ3n) is 5.32. The van der Waals surface area contributed by atoms with Crippen LogP contribution in [0.3, 0.4) is 0 Å². The fourth-order valence-electron chi connectivity index (χ4n) is 3.97. The van der Waals surface area contributed by atoms with E-state index >= 15 is 0 Å². The molecule has 0 bridgehead atoms. The number of H-pyrrole nitrogens is 1. The summed E-state index contributed by atoms with van der Waals surface area (Å²) in [5.74, 6) is -1.33.